The molecule has 122 valence electrons. The molecule has 0 aliphatic rings. The van der Waals surface area contributed by atoms with Crippen LogP contribution in [0.2, 0.25) is 0 Å². The van der Waals surface area contributed by atoms with Crippen molar-refractivity contribution in [2.24, 2.45) is 5.73 Å². The van der Waals surface area contributed by atoms with Gasteiger partial charge in [-0.1, -0.05) is 0 Å². The van der Waals surface area contributed by atoms with E-state index in [1.807, 2.05) is 0 Å². The SMILES string of the molecule is CC(C)(C)OC(=O)NCC(N)Cc1cc(O)ccc1[N+](=O)[O-]. The standard InChI is InChI=1S/C14H21N3O5/c1-14(2,3)22-13(19)16-8-10(15)6-9-7-11(18)4-5-12(9)17(20)21/h4-5,7,10,18H,6,8,15H2,1-3H3,(H,16,19). The summed E-state index contributed by atoms with van der Waals surface area (Å²) < 4.78 is 5.07. The van der Waals surface area contributed by atoms with Crippen LogP contribution in [0, 0.1) is 10.1 Å². The van der Waals surface area contributed by atoms with E-state index in [4.69, 9.17) is 10.5 Å². The topological polar surface area (TPSA) is 128 Å². The zero-order chi connectivity index (χ0) is 16.9. The van der Waals surface area contributed by atoms with Crippen LogP contribution in [0.4, 0.5) is 10.5 Å². The van der Waals surface area contributed by atoms with Gasteiger partial charge in [-0.3, -0.25) is 10.1 Å². The molecule has 0 radical (unpaired) electrons. The first-order valence-electron chi connectivity index (χ1n) is 6.77. The average Bonchev–Trinajstić information content (AvgIpc) is 2.34. The fourth-order valence-corrected chi connectivity index (χ4v) is 1.80. The summed E-state index contributed by atoms with van der Waals surface area (Å²) in [5, 5.41) is 22.9. The van der Waals surface area contributed by atoms with Gasteiger partial charge in [-0.05, 0) is 39.3 Å². The summed E-state index contributed by atoms with van der Waals surface area (Å²) in [5.41, 5.74) is 5.44. The second kappa shape index (κ2) is 7.08. The Kier molecular flexibility index (Phi) is 5.69. The number of nitrogens with one attached hydrogen (secondary N) is 1. The summed E-state index contributed by atoms with van der Waals surface area (Å²) in [5.74, 6) is -0.0760. The minimum absolute atomic E-state index is 0.0760. The Bertz CT molecular complexity index is 554. The van der Waals surface area contributed by atoms with Gasteiger partial charge in [0.2, 0.25) is 0 Å². The van der Waals surface area contributed by atoms with E-state index in [-0.39, 0.29) is 24.4 Å². The van der Waals surface area contributed by atoms with Crippen LogP contribution >= 0.6 is 0 Å². The molecule has 1 aromatic rings. The van der Waals surface area contributed by atoms with E-state index in [0.29, 0.717) is 5.56 Å². The van der Waals surface area contributed by atoms with Crippen molar-refractivity contribution in [3.05, 3.63) is 33.9 Å². The molecule has 8 heteroatoms. The molecule has 1 aromatic carbocycles. The third kappa shape index (κ3) is 5.96. The number of hydrogen-bond donors (Lipinski definition) is 3. The van der Waals surface area contributed by atoms with Crippen molar-refractivity contribution < 1.29 is 19.6 Å². The number of hydrogen-bond acceptors (Lipinski definition) is 6. The number of phenols is 1. The summed E-state index contributed by atoms with van der Waals surface area (Å²) in [4.78, 5) is 21.9. The number of nitro benzene ring substituents is 1. The van der Waals surface area contributed by atoms with E-state index in [9.17, 15) is 20.0 Å². The maximum Gasteiger partial charge on any atom is 0.407 e. The van der Waals surface area contributed by atoms with Crippen molar-refractivity contribution in [2.45, 2.75) is 38.8 Å². The predicted molar refractivity (Wildman–Crippen MR) is 80.7 cm³/mol. The summed E-state index contributed by atoms with van der Waals surface area (Å²) >= 11 is 0. The van der Waals surface area contributed by atoms with E-state index >= 15 is 0 Å². The molecule has 0 fully saturated rings. The van der Waals surface area contributed by atoms with Crippen LogP contribution in [0.3, 0.4) is 0 Å². The number of phenolic OH excluding ortho intramolecular Hbond substituents is 1. The van der Waals surface area contributed by atoms with Crippen molar-refractivity contribution in [1.82, 2.24) is 5.32 Å². The molecule has 0 saturated heterocycles. The van der Waals surface area contributed by atoms with Crippen molar-refractivity contribution in [1.29, 1.82) is 0 Å². The number of benzene rings is 1. The Morgan fingerprint density at radius 3 is 2.68 bits per heavy atom. The molecule has 0 bridgehead atoms. The van der Waals surface area contributed by atoms with Crippen LogP contribution in [-0.4, -0.2) is 34.3 Å². The number of nitro groups is 1. The van der Waals surface area contributed by atoms with E-state index in [1.165, 1.54) is 18.2 Å². The maximum absolute atomic E-state index is 11.5. The molecule has 0 heterocycles. The van der Waals surface area contributed by atoms with Crippen molar-refractivity contribution in [2.75, 3.05) is 6.54 Å². The van der Waals surface area contributed by atoms with Gasteiger partial charge in [-0.15, -0.1) is 0 Å². The minimum Gasteiger partial charge on any atom is -0.508 e. The van der Waals surface area contributed by atoms with Gasteiger partial charge in [0.15, 0.2) is 0 Å². The van der Waals surface area contributed by atoms with Crippen LogP contribution in [0.15, 0.2) is 18.2 Å². The molecule has 0 aromatic heterocycles. The van der Waals surface area contributed by atoms with Crippen LogP contribution in [0.5, 0.6) is 5.75 Å². The van der Waals surface area contributed by atoms with Gasteiger partial charge < -0.3 is 20.9 Å². The zero-order valence-electron chi connectivity index (χ0n) is 12.8. The van der Waals surface area contributed by atoms with Crippen LogP contribution < -0.4 is 11.1 Å². The number of carbonyl (C=O) groups is 1. The highest BCUT2D eigenvalue weighted by Gasteiger charge is 2.19. The maximum atomic E-state index is 11.5. The van der Waals surface area contributed by atoms with E-state index in [2.05, 4.69) is 5.32 Å². The molecule has 1 atom stereocenters. The summed E-state index contributed by atoms with van der Waals surface area (Å²) in [6, 6.07) is 3.21. The first-order chi connectivity index (χ1) is 10.1. The Morgan fingerprint density at radius 2 is 2.14 bits per heavy atom. The molecule has 4 N–H and O–H groups in total. The lowest BCUT2D eigenvalue weighted by atomic mass is 10.0. The number of rotatable bonds is 5. The Balaban J connectivity index is 2.62. The van der Waals surface area contributed by atoms with Crippen molar-refractivity contribution in [3.63, 3.8) is 0 Å². The third-order valence-electron chi connectivity index (χ3n) is 2.65. The van der Waals surface area contributed by atoms with Crippen molar-refractivity contribution in [3.8, 4) is 5.75 Å². The first-order valence-corrected chi connectivity index (χ1v) is 6.77. The molecule has 22 heavy (non-hydrogen) atoms. The third-order valence-corrected chi connectivity index (χ3v) is 2.65. The van der Waals surface area contributed by atoms with E-state index in [1.54, 1.807) is 20.8 Å². The second-order valence-corrected chi connectivity index (χ2v) is 5.92. The number of amides is 1. The van der Waals surface area contributed by atoms with Gasteiger partial charge in [-0.2, -0.15) is 0 Å². The van der Waals surface area contributed by atoms with Gasteiger partial charge in [0, 0.05) is 24.2 Å². The molecular weight excluding hydrogens is 290 g/mol. The Labute approximate surface area is 128 Å². The lowest BCUT2D eigenvalue weighted by molar-refractivity contribution is -0.385. The second-order valence-electron chi connectivity index (χ2n) is 5.92. The van der Waals surface area contributed by atoms with Gasteiger partial charge in [0.25, 0.3) is 5.69 Å². The van der Waals surface area contributed by atoms with Gasteiger partial charge in [0.05, 0.1) is 4.92 Å². The molecule has 1 unspecified atom stereocenters. The molecule has 0 spiro atoms. The molecule has 1 rings (SSSR count). The van der Waals surface area contributed by atoms with E-state index < -0.39 is 22.7 Å². The number of nitrogens with zero attached hydrogens (tertiary/aromatic N) is 1. The molecule has 0 aliphatic carbocycles. The number of aromatic hydroxyl groups is 1. The highest BCUT2D eigenvalue weighted by atomic mass is 16.6. The van der Waals surface area contributed by atoms with Gasteiger partial charge in [-0.25, -0.2) is 4.79 Å². The van der Waals surface area contributed by atoms with Gasteiger partial charge >= 0.3 is 6.09 Å². The highest BCUT2D eigenvalue weighted by Crippen LogP contribution is 2.24. The highest BCUT2D eigenvalue weighted by molar-refractivity contribution is 5.67. The van der Waals surface area contributed by atoms with Crippen LogP contribution in [0.25, 0.3) is 0 Å². The number of ether oxygens (including phenoxy) is 1. The smallest absolute Gasteiger partial charge is 0.407 e. The lowest BCUT2D eigenvalue weighted by Gasteiger charge is -2.20. The quantitative estimate of drug-likeness (QED) is 0.561. The minimum atomic E-state index is -0.613. The van der Waals surface area contributed by atoms with Gasteiger partial charge in [0.1, 0.15) is 11.4 Å². The predicted octanol–water partition coefficient (Wildman–Crippen LogP) is 1.69. The lowest BCUT2D eigenvalue weighted by Crippen LogP contribution is -2.41. The monoisotopic (exact) mass is 311 g/mol. The van der Waals surface area contributed by atoms with Crippen molar-refractivity contribution >= 4 is 11.8 Å². The fraction of sp³-hybridized carbons (Fsp3) is 0.500. The number of nitrogens with two attached hydrogens (primary N) is 1. The number of carbonyl (C=O) groups excluding carboxylic acids is 1. The zero-order valence-corrected chi connectivity index (χ0v) is 12.8. The normalized spacial score (nSPS) is 12.5. The largest absolute Gasteiger partial charge is 0.508 e. The van der Waals surface area contributed by atoms with Crippen LogP contribution in [-0.2, 0) is 11.2 Å². The average molecular weight is 311 g/mol. The van der Waals surface area contributed by atoms with Crippen LogP contribution in [0.1, 0.15) is 26.3 Å². The molecule has 0 saturated carbocycles. The Hall–Kier alpha value is -2.35. The summed E-state index contributed by atoms with van der Waals surface area (Å²) in [6.45, 7) is 5.32. The molecule has 8 nitrogen and oxygen atoms in total. The summed E-state index contributed by atoms with van der Waals surface area (Å²) in [7, 11) is 0. The molecule has 0 aliphatic heterocycles. The molecular formula is C14H21N3O5. The fourth-order valence-electron chi connectivity index (χ4n) is 1.80. The summed E-state index contributed by atoms with van der Waals surface area (Å²) in [6.07, 6.45) is -0.464. The van der Waals surface area contributed by atoms with E-state index in [0.717, 1.165) is 0 Å². The Morgan fingerprint density at radius 1 is 1.50 bits per heavy atom. The first kappa shape index (κ1) is 17.7. The number of alkyl carbamates (subject to hydrolysis) is 1. The molecule has 1 amide bonds.